The molecule has 30 heavy (non-hydrogen) atoms. The quantitative estimate of drug-likeness (QED) is 0.479. The highest BCUT2D eigenvalue weighted by Gasteiger charge is 2.15. The molecular formula is C21H19F2N5O2. The molecule has 0 amide bonds. The Hall–Kier alpha value is -3.59. The van der Waals surface area contributed by atoms with Gasteiger partial charge in [0.15, 0.2) is 11.5 Å². The predicted octanol–water partition coefficient (Wildman–Crippen LogP) is 3.34. The molecule has 4 rings (SSSR count). The van der Waals surface area contributed by atoms with Gasteiger partial charge in [-0.3, -0.25) is 4.98 Å². The molecule has 0 radical (unpaired) electrons. The Morgan fingerprint density at radius 1 is 0.967 bits per heavy atom. The topological polar surface area (TPSA) is 87.6 Å². The van der Waals surface area contributed by atoms with E-state index in [1.54, 1.807) is 28.9 Å². The van der Waals surface area contributed by atoms with E-state index in [2.05, 4.69) is 19.9 Å². The number of nitrogens with zero attached hydrogens (tertiary/aromatic N) is 4. The number of alkyl halides is 2. The summed E-state index contributed by atoms with van der Waals surface area (Å²) in [6.45, 7) is -2.61. The normalized spacial score (nSPS) is 12.3. The second-order valence-corrected chi connectivity index (χ2v) is 6.63. The van der Waals surface area contributed by atoms with Gasteiger partial charge < -0.3 is 15.2 Å². The molecule has 0 fully saturated rings. The summed E-state index contributed by atoms with van der Waals surface area (Å²) in [6.07, 6.45) is 3.79. The summed E-state index contributed by atoms with van der Waals surface area (Å²) in [7, 11) is 0. The molecule has 0 saturated carbocycles. The highest BCUT2D eigenvalue weighted by atomic mass is 19.3. The molecule has 0 spiro atoms. The summed E-state index contributed by atoms with van der Waals surface area (Å²) in [5.74, 6) is 0.985. The first-order valence-corrected chi connectivity index (χ1v) is 9.27. The van der Waals surface area contributed by atoms with Gasteiger partial charge in [0.05, 0.1) is 12.4 Å². The van der Waals surface area contributed by atoms with Crippen LogP contribution in [0.2, 0.25) is 0 Å². The van der Waals surface area contributed by atoms with Crippen molar-refractivity contribution < 1.29 is 18.3 Å². The molecule has 0 aliphatic carbocycles. The smallest absolute Gasteiger partial charge is 0.387 e. The molecule has 2 aromatic carbocycles. The lowest BCUT2D eigenvalue weighted by Crippen LogP contribution is -2.30. The van der Waals surface area contributed by atoms with Crippen molar-refractivity contribution in [3.8, 4) is 23.0 Å². The van der Waals surface area contributed by atoms with Crippen LogP contribution < -0.4 is 15.2 Å². The first-order chi connectivity index (χ1) is 14.6. The van der Waals surface area contributed by atoms with Gasteiger partial charge in [0.2, 0.25) is 5.88 Å². The summed E-state index contributed by atoms with van der Waals surface area (Å²) < 4.78 is 36.7. The van der Waals surface area contributed by atoms with Crippen LogP contribution in [0.5, 0.6) is 11.6 Å². The van der Waals surface area contributed by atoms with Crippen molar-refractivity contribution in [1.29, 1.82) is 0 Å². The monoisotopic (exact) mass is 411 g/mol. The van der Waals surface area contributed by atoms with Crippen LogP contribution in [-0.4, -0.2) is 38.8 Å². The Labute approximate surface area is 171 Å². The van der Waals surface area contributed by atoms with Crippen molar-refractivity contribution in [3.05, 3.63) is 72.6 Å². The molecule has 154 valence electrons. The highest BCUT2D eigenvalue weighted by Crippen LogP contribution is 2.25. The van der Waals surface area contributed by atoms with Crippen LogP contribution >= 0.6 is 0 Å². The number of hydrogen-bond acceptors (Lipinski definition) is 6. The zero-order valence-corrected chi connectivity index (χ0v) is 15.9. The molecule has 0 aliphatic heterocycles. The van der Waals surface area contributed by atoms with Crippen molar-refractivity contribution in [1.82, 2.24) is 19.6 Å². The van der Waals surface area contributed by atoms with Crippen LogP contribution in [0, 0.1) is 0 Å². The summed E-state index contributed by atoms with van der Waals surface area (Å²) in [6, 6.07) is 15.8. The van der Waals surface area contributed by atoms with Crippen molar-refractivity contribution >= 4 is 5.65 Å². The Bertz CT molecular complexity index is 1100. The minimum absolute atomic E-state index is 0.0626. The molecule has 7 nitrogen and oxygen atoms in total. The molecule has 2 heterocycles. The van der Waals surface area contributed by atoms with Gasteiger partial charge in [0.25, 0.3) is 0 Å². The van der Waals surface area contributed by atoms with Gasteiger partial charge >= 0.3 is 6.61 Å². The molecule has 0 bridgehead atoms. The summed E-state index contributed by atoms with van der Waals surface area (Å²) in [4.78, 5) is 4.14. The Balaban J connectivity index is 1.54. The van der Waals surface area contributed by atoms with E-state index in [4.69, 9.17) is 10.5 Å². The number of halogens is 2. The predicted molar refractivity (Wildman–Crippen MR) is 106 cm³/mol. The lowest BCUT2D eigenvalue weighted by Gasteiger charge is -2.14. The minimum Gasteiger partial charge on any atom is -0.476 e. The zero-order valence-electron chi connectivity index (χ0n) is 15.9. The maximum atomic E-state index is 12.4. The second kappa shape index (κ2) is 8.83. The fraction of sp³-hybridized carbons (Fsp3) is 0.190. The van der Waals surface area contributed by atoms with Gasteiger partial charge in [-0.2, -0.15) is 8.78 Å². The van der Waals surface area contributed by atoms with E-state index < -0.39 is 6.61 Å². The van der Waals surface area contributed by atoms with E-state index in [0.29, 0.717) is 29.3 Å². The number of fused-ring (bicyclic) bond motifs is 1. The fourth-order valence-corrected chi connectivity index (χ4v) is 3.07. The van der Waals surface area contributed by atoms with Gasteiger partial charge in [-0.25, -0.2) is 4.40 Å². The standard InChI is InChI=1S/C21H19F2N5O2/c22-21(23)30-17-8-6-15(7-9-17)20-27-26-18-11-25-12-19(28(18)20)29-13-16(24)10-14-4-2-1-3-5-14/h1-9,11-12,16,21H,10,13,24H2/t16-/m0/s1. The van der Waals surface area contributed by atoms with Gasteiger partial charge in [0, 0.05) is 11.6 Å². The van der Waals surface area contributed by atoms with Crippen LogP contribution in [0.1, 0.15) is 5.56 Å². The third-order valence-electron chi connectivity index (χ3n) is 4.41. The molecule has 0 saturated heterocycles. The van der Waals surface area contributed by atoms with E-state index in [-0.39, 0.29) is 18.4 Å². The number of ether oxygens (including phenoxy) is 2. The number of aromatic nitrogens is 4. The van der Waals surface area contributed by atoms with E-state index in [1.807, 2.05) is 30.3 Å². The lowest BCUT2D eigenvalue weighted by atomic mass is 10.1. The first-order valence-electron chi connectivity index (χ1n) is 9.27. The summed E-state index contributed by atoms with van der Waals surface area (Å²) in [5.41, 5.74) is 8.50. The zero-order chi connectivity index (χ0) is 20.9. The average molecular weight is 411 g/mol. The van der Waals surface area contributed by atoms with Crippen LogP contribution in [0.25, 0.3) is 17.0 Å². The SMILES string of the molecule is N[C@H](COc1cncc2nnc(-c3ccc(OC(F)F)cc3)n12)Cc1ccccc1. The van der Waals surface area contributed by atoms with E-state index in [1.165, 1.54) is 12.1 Å². The Morgan fingerprint density at radius 2 is 1.73 bits per heavy atom. The minimum atomic E-state index is -2.88. The summed E-state index contributed by atoms with van der Waals surface area (Å²) in [5, 5.41) is 8.29. The number of hydrogen-bond donors (Lipinski definition) is 1. The number of nitrogens with two attached hydrogens (primary N) is 1. The molecule has 9 heteroatoms. The average Bonchev–Trinajstić information content (AvgIpc) is 3.18. The molecular weight excluding hydrogens is 392 g/mol. The molecule has 4 aromatic rings. The van der Waals surface area contributed by atoms with Crippen LogP contribution in [0.15, 0.2) is 67.0 Å². The molecule has 2 aromatic heterocycles. The Kier molecular flexibility index (Phi) is 5.80. The first kappa shape index (κ1) is 19.7. The maximum absolute atomic E-state index is 12.4. The van der Waals surface area contributed by atoms with Crippen LogP contribution in [0.3, 0.4) is 0 Å². The van der Waals surface area contributed by atoms with E-state index in [0.717, 1.165) is 5.56 Å². The van der Waals surface area contributed by atoms with Crippen molar-refractivity contribution in [2.24, 2.45) is 5.73 Å². The third-order valence-corrected chi connectivity index (χ3v) is 4.41. The molecule has 0 unspecified atom stereocenters. The van der Waals surface area contributed by atoms with Gasteiger partial charge in [-0.1, -0.05) is 30.3 Å². The van der Waals surface area contributed by atoms with Gasteiger partial charge in [-0.05, 0) is 36.2 Å². The Morgan fingerprint density at radius 3 is 2.47 bits per heavy atom. The third kappa shape index (κ3) is 4.52. The molecule has 0 aliphatic rings. The highest BCUT2D eigenvalue weighted by molar-refractivity contribution is 5.61. The van der Waals surface area contributed by atoms with Gasteiger partial charge in [-0.15, -0.1) is 10.2 Å². The van der Waals surface area contributed by atoms with Crippen molar-refractivity contribution in [3.63, 3.8) is 0 Å². The fourth-order valence-electron chi connectivity index (χ4n) is 3.07. The number of rotatable bonds is 8. The van der Waals surface area contributed by atoms with Crippen molar-refractivity contribution in [2.75, 3.05) is 6.61 Å². The van der Waals surface area contributed by atoms with Crippen LogP contribution in [0.4, 0.5) is 8.78 Å². The van der Waals surface area contributed by atoms with Crippen LogP contribution in [-0.2, 0) is 6.42 Å². The maximum Gasteiger partial charge on any atom is 0.387 e. The largest absolute Gasteiger partial charge is 0.476 e. The number of benzene rings is 2. The van der Waals surface area contributed by atoms with Gasteiger partial charge in [0.1, 0.15) is 12.4 Å². The summed E-state index contributed by atoms with van der Waals surface area (Å²) >= 11 is 0. The second-order valence-electron chi connectivity index (χ2n) is 6.63. The van der Waals surface area contributed by atoms with E-state index in [9.17, 15) is 8.78 Å². The van der Waals surface area contributed by atoms with E-state index >= 15 is 0 Å². The molecule has 2 N–H and O–H groups in total. The molecule has 1 atom stereocenters. The lowest BCUT2D eigenvalue weighted by molar-refractivity contribution is -0.0498. The van der Waals surface area contributed by atoms with Crippen molar-refractivity contribution in [2.45, 2.75) is 19.1 Å².